The van der Waals surface area contributed by atoms with Crippen LogP contribution in [0.15, 0.2) is 12.1 Å². The van der Waals surface area contributed by atoms with Crippen molar-refractivity contribution in [3.63, 3.8) is 0 Å². The maximum Gasteiger partial charge on any atom is 0.150 e. The first kappa shape index (κ1) is 12.8. The van der Waals surface area contributed by atoms with Gasteiger partial charge in [0.2, 0.25) is 0 Å². The van der Waals surface area contributed by atoms with Crippen molar-refractivity contribution >= 4 is 22.9 Å². The highest BCUT2D eigenvalue weighted by molar-refractivity contribution is 7.80. The summed E-state index contributed by atoms with van der Waals surface area (Å²) in [4.78, 5) is 1.52. The number of rotatable bonds is 4. The van der Waals surface area contributed by atoms with Gasteiger partial charge in [-0.15, -0.1) is 0 Å². The van der Waals surface area contributed by atoms with Crippen LogP contribution in [0.5, 0.6) is 0 Å². The SMILES string of the molecule is CCCN(C)c1c(F)cc(C(N)=S)cc1F. The quantitative estimate of drug-likeness (QED) is 0.825. The number of hydrogen-bond donors (Lipinski definition) is 1. The van der Waals surface area contributed by atoms with E-state index in [9.17, 15) is 8.78 Å². The summed E-state index contributed by atoms with van der Waals surface area (Å²) in [5, 5.41) is 0. The van der Waals surface area contributed by atoms with Gasteiger partial charge in [0.25, 0.3) is 0 Å². The molecule has 0 aliphatic heterocycles. The van der Waals surface area contributed by atoms with Gasteiger partial charge in [-0.1, -0.05) is 19.1 Å². The van der Waals surface area contributed by atoms with Gasteiger partial charge >= 0.3 is 0 Å². The molecule has 2 nitrogen and oxygen atoms in total. The maximum atomic E-state index is 13.6. The first-order chi connectivity index (χ1) is 7.47. The van der Waals surface area contributed by atoms with Crippen LogP contribution in [0.25, 0.3) is 0 Å². The second-order valence-corrected chi connectivity index (χ2v) is 4.01. The van der Waals surface area contributed by atoms with Gasteiger partial charge < -0.3 is 10.6 Å². The monoisotopic (exact) mass is 244 g/mol. The van der Waals surface area contributed by atoms with E-state index in [0.717, 1.165) is 18.6 Å². The summed E-state index contributed by atoms with van der Waals surface area (Å²) in [6.07, 6.45) is 0.812. The van der Waals surface area contributed by atoms with Crippen LogP contribution in [0.3, 0.4) is 0 Å². The van der Waals surface area contributed by atoms with Gasteiger partial charge in [-0.25, -0.2) is 8.78 Å². The summed E-state index contributed by atoms with van der Waals surface area (Å²) in [7, 11) is 1.64. The van der Waals surface area contributed by atoms with E-state index in [1.165, 1.54) is 4.90 Å². The predicted molar refractivity (Wildman–Crippen MR) is 65.8 cm³/mol. The molecule has 0 saturated carbocycles. The van der Waals surface area contributed by atoms with Gasteiger partial charge in [-0.3, -0.25) is 0 Å². The molecule has 0 aliphatic carbocycles. The van der Waals surface area contributed by atoms with Crippen molar-refractivity contribution in [1.82, 2.24) is 0 Å². The molecule has 0 aromatic heterocycles. The highest BCUT2D eigenvalue weighted by Gasteiger charge is 2.15. The summed E-state index contributed by atoms with van der Waals surface area (Å²) in [6, 6.07) is 2.32. The summed E-state index contributed by atoms with van der Waals surface area (Å²) in [5.41, 5.74) is 5.49. The van der Waals surface area contributed by atoms with Crippen LogP contribution in [0.4, 0.5) is 14.5 Å². The van der Waals surface area contributed by atoms with Crippen LogP contribution in [0.2, 0.25) is 0 Å². The molecule has 88 valence electrons. The summed E-state index contributed by atoms with van der Waals surface area (Å²) in [6.45, 7) is 2.52. The van der Waals surface area contributed by atoms with Crippen molar-refractivity contribution in [2.45, 2.75) is 13.3 Å². The number of nitrogens with zero attached hydrogens (tertiary/aromatic N) is 1. The highest BCUT2D eigenvalue weighted by Crippen LogP contribution is 2.24. The van der Waals surface area contributed by atoms with E-state index in [0.29, 0.717) is 6.54 Å². The lowest BCUT2D eigenvalue weighted by molar-refractivity contribution is 0.576. The minimum absolute atomic E-state index is 0.0116. The van der Waals surface area contributed by atoms with Crippen LogP contribution in [0, 0.1) is 11.6 Å². The van der Waals surface area contributed by atoms with Crippen LogP contribution < -0.4 is 10.6 Å². The topological polar surface area (TPSA) is 29.3 Å². The average Bonchev–Trinajstić information content (AvgIpc) is 2.16. The predicted octanol–water partition coefficient (Wildman–Crippen LogP) is 2.45. The molecular weight excluding hydrogens is 230 g/mol. The molecular formula is C11H14F2N2S. The van der Waals surface area contributed by atoms with Crippen molar-refractivity contribution < 1.29 is 8.78 Å². The van der Waals surface area contributed by atoms with E-state index in [1.54, 1.807) is 7.05 Å². The number of halogens is 2. The number of benzene rings is 1. The minimum Gasteiger partial charge on any atom is -0.389 e. The lowest BCUT2D eigenvalue weighted by Crippen LogP contribution is -2.21. The van der Waals surface area contributed by atoms with E-state index in [2.05, 4.69) is 12.2 Å². The summed E-state index contributed by atoms with van der Waals surface area (Å²) in [5.74, 6) is -1.28. The molecule has 0 atom stereocenters. The molecule has 5 heteroatoms. The van der Waals surface area contributed by atoms with Gasteiger partial charge in [0.1, 0.15) is 22.3 Å². The molecule has 1 aromatic carbocycles. The van der Waals surface area contributed by atoms with Gasteiger partial charge in [0.15, 0.2) is 0 Å². The zero-order chi connectivity index (χ0) is 12.3. The standard InChI is InChI=1S/C11H14F2N2S/c1-3-4-15(2)10-8(12)5-7(11(14)16)6-9(10)13/h5-6H,3-4H2,1-2H3,(H2,14,16). The molecule has 0 bridgehead atoms. The Bertz CT molecular complexity index is 384. The van der Waals surface area contributed by atoms with E-state index < -0.39 is 11.6 Å². The molecule has 0 fully saturated rings. The highest BCUT2D eigenvalue weighted by atomic mass is 32.1. The second kappa shape index (κ2) is 5.21. The Hall–Kier alpha value is -1.23. The fourth-order valence-electron chi connectivity index (χ4n) is 1.52. The maximum absolute atomic E-state index is 13.6. The fraction of sp³-hybridized carbons (Fsp3) is 0.364. The van der Waals surface area contributed by atoms with Crippen LogP contribution in [0.1, 0.15) is 18.9 Å². The van der Waals surface area contributed by atoms with Crippen LogP contribution in [-0.4, -0.2) is 18.6 Å². The van der Waals surface area contributed by atoms with E-state index in [-0.39, 0.29) is 16.2 Å². The Kier molecular flexibility index (Phi) is 4.18. The first-order valence-electron chi connectivity index (χ1n) is 4.97. The third-order valence-electron chi connectivity index (χ3n) is 2.24. The number of hydrogen-bond acceptors (Lipinski definition) is 2. The largest absolute Gasteiger partial charge is 0.389 e. The number of nitrogens with two attached hydrogens (primary N) is 1. The van der Waals surface area contributed by atoms with E-state index in [1.807, 2.05) is 6.92 Å². The zero-order valence-electron chi connectivity index (χ0n) is 9.26. The Morgan fingerprint density at radius 2 is 1.88 bits per heavy atom. The minimum atomic E-state index is -0.640. The molecule has 2 N–H and O–H groups in total. The molecule has 0 radical (unpaired) electrons. The third kappa shape index (κ3) is 2.66. The Morgan fingerprint density at radius 1 is 1.38 bits per heavy atom. The Labute approximate surface area is 99.0 Å². The van der Waals surface area contributed by atoms with Crippen molar-refractivity contribution in [1.29, 1.82) is 0 Å². The van der Waals surface area contributed by atoms with Gasteiger partial charge in [-0.05, 0) is 18.6 Å². The molecule has 0 amide bonds. The number of anilines is 1. The van der Waals surface area contributed by atoms with E-state index >= 15 is 0 Å². The molecule has 16 heavy (non-hydrogen) atoms. The third-order valence-corrected chi connectivity index (χ3v) is 2.48. The number of thiocarbonyl (C=S) groups is 1. The summed E-state index contributed by atoms with van der Waals surface area (Å²) < 4.78 is 27.3. The molecule has 1 aromatic rings. The molecule has 0 unspecified atom stereocenters. The second-order valence-electron chi connectivity index (χ2n) is 3.57. The normalized spacial score (nSPS) is 10.2. The molecule has 0 spiro atoms. The van der Waals surface area contributed by atoms with Crippen molar-refractivity contribution in [2.75, 3.05) is 18.5 Å². The smallest absolute Gasteiger partial charge is 0.150 e. The van der Waals surface area contributed by atoms with Crippen molar-refractivity contribution in [3.05, 3.63) is 29.3 Å². The fourth-order valence-corrected chi connectivity index (χ4v) is 1.64. The van der Waals surface area contributed by atoms with Crippen molar-refractivity contribution in [2.24, 2.45) is 5.73 Å². The molecule has 1 rings (SSSR count). The first-order valence-corrected chi connectivity index (χ1v) is 5.38. The average molecular weight is 244 g/mol. The zero-order valence-corrected chi connectivity index (χ0v) is 10.1. The van der Waals surface area contributed by atoms with Gasteiger partial charge in [-0.2, -0.15) is 0 Å². The molecule has 0 heterocycles. The molecule has 0 aliphatic rings. The Morgan fingerprint density at radius 3 is 2.25 bits per heavy atom. The van der Waals surface area contributed by atoms with Crippen LogP contribution in [-0.2, 0) is 0 Å². The summed E-state index contributed by atoms with van der Waals surface area (Å²) >= 11 is 4.67. The van der Waals surface area contributed by atoms with E-state index in [4.69, 9.17) is 5.73 Å². The van der Waals surface area contributed by atoms with Crippen LogP contribution >= 0.6 is 12.2 Å². The molecule has 0 saturated heterocycles. The lowest BCUT2D eigenvalue weighted by atomic mass is 10.1. The van der Waals surface area contributed by atoms with Gasteiger partial charge in [0, 0.05) is 19.2 Å². The Balaban J connectivity index is 3.17. The lowest BCUT2D eigenvalue weighted by Gasteiger charge is -2.20. The van der Waals surface area contributed by atoms with Crippen molar-refractivity contribution in [3.8, 4) is 0 Å². The van der Waals surface area contributed by atoms with Gasteiger partial charge in [0.05, 0.1) is 0 Å².